The number of amides is 1. The number of nitrogens with zero attached hydrogens (tertiary/aromatic N) is 1. The molecule has 116 valence electrons. The van der Waals surface area contributed by atoms with Crippen molar-refractivity contribution in [3.63, 3.8) is 0 Å². The highest BCUT2D eigenvalue weighted by Gasteiger charge is 2.34. The maximum Gasteiger partial charge on any atom is 0.225 e. The van der Waals surface area contributed by atoms with Gasteiger partial charge in [0.1, 0.15) is 11.5 Å². The van der Waals surface area contributed by atoms with Gasteiger partial charge in [0.25, 0.3) is 0 Å². The van der Waals surface area contributed by atoms with Crippen LogP contribution in [0.1, 0.15) is 12.0 Å². The SMILES string of the molecule is [B]C1C(=O)CCN(C)C(=O)C1Cc1cc(Br)c(OC)c(Br)c1. The van der Waals surface area contributed by atoms with Crippen LogP contribution in [0.15, 0.2) is 21.1 Å². The van der Waals surface area contributed by atoms with Gasteiger partial charge in [-0.15, -0.1) is 0 Å². The van der Waals surface area contributed by atoms with Crippen LogP contribution in [0, 0.1) is 5.92 Å². The van der Waals surface area contributed by atoms with Crippen molar-refractivity contribution in [3.8, 4) is 5.75 Å². The van der Waals surface area contributed by atoms with Crippen LogP contribution in [-0.4, -0.2) is 45.1 Å². The Balaban J connectivity index is 2.31. The van der Waals surface area contributed by atoms with Crippen molar-refractivity contribution in [2.45, 2.75) is 18.7 Å². The van der Waals surface area contributed by atoms with Crippen LogP contribution in [0.25, 0.3) is 0 Å². The van der Waals surface area contributed by atoms with E-state index in [0.717, 1.165) is 14.5 Å². The second kappa shape index (κ2) is 7.17. The number of ketones is 1. The molecule has 2 unspecified atom stereocenters. The molecule has 0 N–H and O–H groups in total. The topological polar surface area (TPSA) is 46.6 Å². The average molecular weight is 429 g/mol. The van der Waals surface area contributed by atoms with Crippen molar-refractivity contribution in [2.75, 3.05) is 20.7 Å². The molecule has 0 aromatic heterocycles. The molecule has 1 fully saturated rings. The molecule has 7 heteroatoms. The van der Waals surface area contributed by atoms with E-state index in [2.05, 4.69) is 31.9 Å². The molecule has 1 aromatic rings. The highest BCUT2D eigenvalue weighted by atomic mass is 79.9. The summed E-state index contributed by atoms with van der Waals surface area (Å²) in [5.74, 6) is -0.742. The first-order chi connectivity index (χ1) is 10.3. The van der Waals surface area contributed by atoms with Crippen LogP contribution in [0.5, 0.6) is 5.75 Å². The van der Waals surface area contributed by atoms with Crippen LogP contribution in [0.2, 0.25) is 5.82 Å². The quantitative estimate of drug-likeness (QED) is 0.695. The first-order valence-electron chi connectivity index (χ1n) is 6.90. The van der Waals surface area contributed by atoms with Crippen molar-refractivity contribution < 1.29 is 14.3 Å². The van der Waals surface area contributed by atoms with Gasteiger partial charge in [-0.1, -0.05) is 0 Å². The molecule has 2 radical (unpaired) electrons. The Morgan fingerprint density at radius 2 is 1.91 bits per heavy atom. The van der Waals surface area contributed by atoms with Crippen molar-refractivity contribution in [2.24, 2.45) is 5.92 Å². The fourth-order valence-corrected chi connectivity index (χ4v) is 4.21. The number of carbonyl (C=O) groups excluding carboxylic acids is 2. The minimum atomic E-state index is -0.753. The van der Waals surface area contributed by atoms with E-state index in [4.69, 9.17) is 12.6 Å². The van der Waals surface area contributed by atoms with Gasteiger partial charge in [0.05, 0.1) is 23.9 Å². The average Bonchev–Trinajstić information content (AvgIpc) is 2.55. The zero-order valence-electron chi connectivity index (χ0n) is 12.4. The van der Waals surface area contributed by atoms with Gasteiger partial charge in [-0.05, 0) is 61.8 Å². The number of likely N-dealkylation sites (tertiary alicyclic amines) is 1. The third-order valence-corrected chi connectivity index (χ3v) is 5.09. The second-order valence-electron chi connectivity index (χ2n) is 5.41. The number of halogens is 2. The third-order valence-electron chi connectivity index (χ3n) is 3.91. The lowest BCUT2D eigenvalue weighted by Gasteiger charge is -2.23. The van der Waals surface area contributed by atoms with Crippen molar-refractivity contribution in [3.05, 3.63) is 26.6 Å². The number of rotatable bonds is 3. The lowest BCUT2D eigenvalue weighted by Crippen LogP contribution is -2.34. The highest BCUT2D eigenvalue weighted by Crippen LogP contribution is 2.36. The van der Waals surface area contributed by atoms with Crippen LogP contribution < -0.4 is 4.74 Å². The molecule has 1 aliphatic rings. The van der Waals surface area contributed by atoms with Gasteiger partial charge in [-0.3, -0.25) is 4.79 Å². The number of benzene rings is 1. The molecular weight excluding hydrogens is 413 g/mol. The van der Waals surface area contributed by atoms with Crippen LogP contribution in [0.3, 0.4) is 0 Å². The second-order valence-corrected chi connectivity index (χ2v) is 7.11. The van der Waals surface area contributed by atoms with E-state index in [1.807, 2.05) is 12.1 Å². The first-order valence-corrected chi connectivity index (χ1v) is 8.49. The Bertz CT molecular complexity index is 585. The Labute approximate surface area is 148 Å². The molecule has 0 spiro atoms. The molecule has 4 nitrogen and oxygen atoms in total. The van der Waals surface area contributed by atoms with Gasteiger partial charge in [0.2, 0.25) is 5.91 Å². The Kier molecular flexibility index (Phi) is 5.72. The summed E-state index contributed by atoms with van der Waals surface area (Å²) in [5, 5.41) is 0. The van der Waals surface area contributed by atoms with E-state index in [1.165, 1.54) is 0 Å². The van der Waals surface area contributed by atoms with Gasteiger partial charge >= 0.3 is 0 Å². The largest absolute Gasteiger partial charge is 0.494 e. The van der Waals surface area contributed by atoms with Gasteiger partial charge < -0.3 is 14.4 Å². The molecule has 1 aliphatic heterocycles. The molecule has 0 bridgehead atoms. The van der Waals surface area contributed by atoms with E-state index in [-0.39, 0.29) is 11.7 Å². The molecule has 1 saturated heterocycles. The molecule has 0 aliphatic carbocycles. The number of Topliss-reactive ketones (excluding diaryl/α,β-unsaturated/α-hetero) is 1. The standard InChI is InChI=1S/C15H16BBr2NO3/c1-19-4-3-12(20)13(16)9(15(19)21)5-8-6-10(17)14(22-2)11(18)7-8/h6-7,9,13H,3-5H2,1-2H3. The molecule has 0 saturated carbocycles. The summed E-state index contributed by atoms with van der Waals surface area (Å²) in [6, 6.07) is 3.78. The number of carbonyl (C=O) groups is 2. The minimum absolute atomic E-state index is 0.0608. The van der Waals surface area contributed by atoms with E-state index in [1.54, 1.807) is 19.1 Å². The van der Waals surface area contributed by atoms with E-state index in [9.17, 15) is 9.59 Å². The number of hydrogen-bond donors (Lipinski definition) is 0. The summed E-state index contributed by atoms with van der Waals surface area (Å²) in [4.78, 5) is 26.0. The summed E-state index contributed by atoms with van der Waals surface area (Å²) in [5.41, 5.74) is 0.913. The fourth-order valence-electron chi connectivity index (χ4n) is 2.61. The van der Waals surface area contributed by atoms with E-state index >= 15 is 0 Å². The summed E-state index contributed by atoms with van der Waals surface area (Å²) in [7, 11) is 9.31. The Hall–Kier alpha value is -0.815. The smallest absolute Gasteiger partial charge is 0.225 e. The summed E-state index contributed by atoms with van der Waals surface area (Å²) >= 11 is 6.89. The van der Waals surface area contributed by atoms with E-state index in [0.29, 0.717) is 25.1 Å². The lowest BCUT2D eigenvalue weighted by molar-refractivity contribution is -0.134. The van der Waals surface area contributed by atoms with Gasteiger partial charge in [-0.2, -0.15) is 0 Å². The minimum Gasteiger partial charge on any atom is -0.494 e. The van der Waals surface area contributed by atoms with Crippen molar-refractivity contribution >= 4 is 51.4 Å². The fraction of sp³-hybridized carbons (Fsp3) is 0.467. The third kappa shape index (κ3) is 3.57. The van der Waals surface area contributed by atoms with Crippen LogP contribution in [-0.2, 0) is 16.0 Å². The number of ether oxygens (including phenoxy) is 1. The van der Waals surface area contributed by atoms with Gasteiger partial charge in [0.15, 0.2) is 0 Å². The molecule has 1 aromatic carbocycles. The van der Waals surface area contributed by atoms with Crippen molar-refractivity contribution in [1.29, 1.82) is 0 Å². The predicted octanol–water partition coefficient (Wildman–Crippen LogP) is 2.77. The van der Waals surface area contributed by atoms with Gasteiger partial charge in [-0.25, -0.2) is 0 Å². The summed E-state index contributed by atoms with van der Waals surface area (Å²) < 4.78 is 6.84. The maximum absolute atomic E-state index is 12.4. The lowest BCUT2D eigenvalue weighted by atomic mass is 9.71. The predicted molar refractivity (Wildman–Crippen MR) is 92.4 cm³/mol. The van der Waals surface area contributed by atoms with Crippen molar-refractivity contribution in [1.82, 2.24) is 4.90 Å². The maximum atomic E-state index is 12.4. The van der Waals surface area contributed by atoms with Crippen LogP contribution >= 0.6 is 31.9 Å². The van der Waals surface area contributed by atoms with Gasteiger partial charge in [0, 0.05) is 25.9 Å². The number of methoxy groups -OCH3 is 1. The monoisotopic (exact) mass is 427 g/mol. The highest BCUT2D eigenvalue weighted by molar-refractivity contribution is 9.11. The number of hydrogen-bond acceptors (Lipinski definition) is 3. The molecule has 22 heavy (non-hydrogen) atoms. The molecular formula is C15H16BBr2NO3. The normalized spacial score (nSPS) is 22.6. The zero-order valence-corrected chi connectivity index (χ0v) is 15.6. The van der Waals surface area contributed by atoms with E-state index < -0.39 is 11.7 Å². The molecule has 1 heterocycles. The Morgan fingerprint density at radius 3 is 2.45 bits per heavy atom. The summed E-state index contributed by atoms with van der Waals surface area (Å²) in [6.07, 6.45) is 0.729. The van der Waals surface area contributed by atoms with Crippen LogP contribution in [0.4, 0.5) is 0 Å². The summed E-state index contributed by atoms with van der Waals surface area (Å²) in [6.45, 7) is 0.428. The first kappa shape index (κ1) is 17.5. The molecule has 1 amide bonds. The zero-order chi connectivity index (χ0) is 16.4. The Morgan fingerprint density at radius 1 is 1.32 bits per heavy atom. The molecule has 2 rings (SSSR count). The molecule has 2 atom stereocenters.